The van der Waals surface area contributed by atoms with Crippen LogP contribution in [0.15, 0.2) is 0 Å². The van der Waals surface area contributed by atoms with E-state index in [2.05, 4.69) is 5.32 Å². The van der Waals surface area contributed by atoms with Crippen LogP contribution in [0, 0.1) is 5.41 Å². The largest absolute Gasteiger partial charge is 0.396 e. The lowest BCUT2D eigenvalue weighted by atomic mass is 9.90. The molecular weight excluding hydrogens is 602 g/mol. The molecule has 3 heterocycles. The van der Waals surface area contributed by atoms with E-state index in [4.69, 9.17) is 28.4 Å². The number of aliphatic hydroxyl groups excluding tert-OH is 11. The van der Waals surface area contributed by atoms with Crippen LogP contribution in [0.2, 0.25) is 0 Å². The Balaban J connectivity index is 1.82. The minimum atomic E-state index is -1.83. The number of hydrogen-bond acceptors (Lipinski definition) is 18. The van der Waals surface area contributed by atoms with Crippen LogP contribution >= 0.6 is 0 Å². The molecule has 12 N–H and O–H groups in total. The maximum Gasteiger partial charge on any atom is 0.216 e. The topological polar surface area (TPSA) is 307 Å². The van der Waals surface area contributed by atoms with Gasteiger partial charge in [-0.15, -0.1) is 0 Å². The summed E-state index contributed by atoms with van der Waals surface area (Å²) in [6.07, 6.45) is -23.9. The van der Waals surface area contributed by atoms with Gasteiger partial charge in [0.25, 0.3) is 0 Å². The molecule has 258 valence electrons. The lowest BCUT2D eigenvalue weighted by Gasteiger charge is -2.46. The Hall–Kier alpha value is -1.21. The predicted molar refractivity (Wildman–Crippen MR) is 139 cm³/mol. The Morgan fingerprint density at radius 2 is 1.32 bits per heavy atom. The Labute approximate surface area is 252 Å². The Bertz CT molecular complexity index is 903. The van der Waals surface area contributed by atoms with Crippen molar-refractivity contribution in [3.05, 3.63) is 0 Å². The molecule has 3 rings (SSSR count). The van der Waals surface area contributed by atoms with Gasteiger partial charge in [-0.2, -0.15) is 0 Å². The molecule has 16 atom stereocenters. The van der Waals surface area contributed by atoms with Crippen LogP contribution in [0.25, 0.3) is 0 Å². The second-order valence-electron chi connectivity index (χ2n) is 11.4. The standard InChI is InChI=1S/C25H45NO18/c1-9-13(31)16(34)18(36)23(41-9)44-21-17(35)14(32)11(3-27)43-24(21)40-8-25(6-29,5-26-10(2)30)7-39-20-15(33)12(4-28)42-22(38)19(20)37/h9,11-24,27-29,31-38H,3-8H2,1-2H3,(H,26,30)/t9?,11?,12?,13?,14?,15?,16?,17?,18?,19?,20?,21?,22-,23?,24?,25?/m1/s1. The molecular formula is C25H45NO18. The van der Waals surface area contributed by atoms with Gasteiger partial charge in [-0.1, -0.05) is 0 Å². The molecule has 19 heteroatoms. The normalized spacial score (nSPS) is 44.6. The van der Waals surface area contributed by atoms with Crippen molar-refractivity contribution in [1.82, 2.24) is 5.32 Å². The molecule has 1 amide bonds. The van der Waals surface area contributed by atoms with Crippen molar-refractivity contribution < 1.29 is 89.4 Å². The van der Waals surface area contributed by atoms with E-state index >= 15 is 0 Å². The number of amides is 1. The predicted octanol–water partition coefficient (Wildman–Crippen LogP) is -7.41. The smallest absolute Gasteiger partial charge is 0.216 e. The molecule has 44 heavy (non-hydrogen) atoms. The minimum absolute atomic E-state index is 0.320. The molecule has 3 aliphatic heterocycles. The van der Waals surface area contributed by atoms with Crippen molar-refractivity contribution in [2.45, 2.75) is 106 Å². The highest BCUT2D eigenvalue weighted by molar-refractivity contribution is 5.72. The molecule has 3 saturated heterocycles. The fourth-order valence-electron chi connectivity index (χ4n) is 5.01. The van der Waals surface area contributed by atoms with E-state index in [1.807, 2.05) is 0 Å². The van der Waals surface area contributed by atoms with Crippen LogP contribution in [-0.2, 0) is 33.2 Å². The van der Waals surface area contributed by atoms with Gasteiger partial charge in [0, 0.05) is 13.5 Å². The second-order valence-corrected chi connectivity index (χ2v) is 11.4. The summed E-state index contributed by atoms with van der Waals surface area (Å²) in [6, 6.07) is 0. The van der Waals surface area contributed by atoms with Gasteiger partial charge in [-0.3, -0.25) is 4.79 Å². The van der Waals surface area contributed by atoms with Crippen LogP contribution in [0.3, 0.4) is 0 Å². The first-order valence-electron chi connectivity index (χ1n) is 14.1. The van der Waals surface area contributed by atoms with Crippen LogP contribution in [0.1, 0.15) is 13.8 Å². The first-order chi connectivity index (χ1) is 20.7. The van der Waals surface area contributed by atoms with Gasteiger partial charge in [-0.25, -0.2) is 0 Å². The van der Waals surface area contributed by atoms with Crippen LogP contribution in [0.4, 0.5) is 0 Å². The molecule has 0 aromatic carbocycles. The van der Waals surface area contributed by atoms with Crippen LogP contribution in [-0.4, -0.2) is 194 Å². The van der Waals surface area contributed by atoms with Crippen molar-refractivity contribution in [3.63, 3.8) is 0 Å². The lowest BCUT2D eigenvalue weighted by Crippen LogP contribution is -2.64. The highest BCUT2D eigenvalue weighted by atomic mass is 16.8. The Morgan fingerprint density at radius 3 is 1.91 bits per heavy atom. The van der Waals surface area contributed by atoms with E-state index in [0.29, 0.717) is 0 Å². The zero-order valence-electron chi connectivity index (χ0n) is 24.2. The van der Waals surface area contributed by atoms with E-state index in [0.717, 1.165) is 0 Å². The Morgan fingerprint density at radius 1 is 0.705 bits per heavy atom. The summed E-state index contributed by atoms with van der Waals surface area (Å²) in [5.74, 6) is -0.517. The second kappa shape index (κ2) is 16.1. The highest BCUT2D eigenvalue weighted by Crippen LogP contribution is 2.32. The average molecular weight is 648 g/mol. The van der Waals surface area contributed by atoms with Crippen LogP contribution in [0.5, 0.6) is 0 Å². The Kier molecular flexibility index (Phi) is 13.6. The third kappa shape index (κ3) is 8.38. The SMILES string of the molecule is CC(=O)NCC(CO)(COC1OC(CO)C(O)C(O)C1OC1OC(C)C(O)C(O)C1O)COC1C(O)C(CO)O[C@@H](O)C1O. The van der Waals surface area contributed by atoms with Gasteiger partial charge in [0.2, 0.25) is 5.91 Å². The molecule has 0 bridgehead atoms. The number of carbonyl (C=O) groups is 1. The van der Waals surface area contributed by atoms with E-state index in [-0.39, 0.29) is 6.54 Å². The minimum Gasteiger partial charge on any atom is -0.396 e. The summed E-state index contributed by atoms with van der Waals surface area (Å²) < 4.78 is 33.1. The quantitative estimate of drug-likeness (QED) is 0.0883. The number of hydrogen-bond donors (Lipinski definition) is 12. The number of rotatable bonds is 13. The number of nitrogens with one attached hydrogen (secondary N) is 1. The molecule has 0 aliphatic carbocycles. The molecule has 0 radical (unpaired) electrons. The van der Waals surface area contributed by atoms with E-state index in [9.17, 15) is 61.0 Å². The molecule has 3 aliphatic rings. The average Bonchev–Trinajstić information content (AvgIpc) is 3.00. The van der Waals surface area contributed by atoms with Gasteiger partial charge in [-0.05, 0) is 6.92 Å². The molecule has 15 unspecified atom stereocenters. The van der Waals surface area contributed by atoms with Gasteiger partial charge in [0.15, 0.2) is 18.9 Å². The van der Waals surface area contributed by atoms with E-state index < -0.39 is 136 Å². The summed E-state index contributed by atoms with van der Waals surface area (Å²) in [5, 5.41) is 115. The number of carbonyl (C=O) groups excluding carboxylic acids is 1. The first kappa shape index (κ1) is 37.2. The number of aliphatic hydroxyl groups is 11. The third-order valence-electron chi connectivity index (χ3n) is 7.95. The molecule has 19 nitrogen and oxygen atoms in total. The zero-order chi connectivity index (χ0) is 32.9. The zero-order valence-corrected chi connectivity index (χ0v) is 24.2. The molecule has 0 saturated carbocycles. The van der Waals surface area contributed by atoms with E-state index in [1.54, 1.807) is 0 Å². The maximum atomic E-state index is 11.7. The molecule has 0 spiro atoms. The van der Waals surface area contributed by atoms with Gasteiger partial charge < -0.3 is 89.9 Å². The van der Waals surface area contributed by atoms with Gasteiger partial charge in [0.1, 0.15) is 67.1 Å². The summed E-state index contributed by atoms with van der Waals surface area (Å²) in [7, 11) is 0. The highest BCUT2D eigenvalue weighted by Gasteiger charge is 2.51. The summed E-state index contributed by atoms with van der Waals surface area (Å²) in [6.45, 7) is -1.11. The van der Waals surface area contributed by atoms with Crippen molar-refractivity contribution >= 4 is 5.91 Å². The fraction of sp³-hybridized carbons (Fsp3) is 0.960. The summed E-state index contributed by atoms with van der Waals surface area (Å²) in [4.78, 5) is 11.7. The van der Waals surface area contributed by atoms with Crippen molar-refractivity contribution in [3.8, 4) is 0 Å². The lowest BCUT2D eigenvalue weighted by molar-refractivity contribution is -0.367. The van der Waals surface area contributed by atoms with Crippen molar-refractivity contribution in [2.24, 2.45) is 5.41 Å². The summed E-state index contributed by atoms with van der Waals surface area (Å²) in [5.41, 5.74) is -1.57. The van der Waals surface area contributed by atoms with Crippen LogP contribution < -0.4 is 5.32 Å². The van der Waals surface area contributed by atoms with Gasteiger partial charge >= 0.3 is 0 Å². The fourth-order valence-corrected chi connectivity index (χ4v) is 5.01. The molecule has 3 fully saturated rings. The monoisotopic (exact) mass is 647 g/mol. The third-order valence-corrected chi connectivity index (χ3v) is 7.95. The summed E-state index contributed by atoms with van der Waals surface area (Å²) >= 11 is 0. The molecule has 0 aromatic heterocycles. The van der Waals surface area contributed by atoms with Crippen molar-refractivity contribution in [2.75, 3.05) is 39.6 Å². The van der Waals surface area contributed by atoms with Crippen molar-refractivity contribution in [1.29, 1.82) is 0 Å². The first-order valence-corrected chi connectivity index (χ1v) is 14.1. The van der Waals surface area contributed by atoms with E-state index in [1.165, 1.54) is 13.8 Å². The number of ether oxygens (including phenoxy) is 6. The molecule has 0 aromatic rings. The van der Waals surface area contributed by atoms with Gasteiger partial charge in [0.05, 0.1) is 44.6 Å². The maximum absolute atomic E-state index is 11.7.